The molecular formula is C32H49NO4. The zero-order chi connectivity index (χ0) is 26.5. The van der Waals surface area contributed by atoms with E-state index in [2.05, 4.69) is 39.1 Å². The van der Waals surface area contributed by atoms with Crippen molar-refractivity contribution in [3.63, 3.8) is 0 Å². The number of fused-ring (bicyclic) bond motifs is 7. The van der Waals surface area contributed by atoms with Crippen LogP contribution >= 0.6 is 0 Å². The molecule has 0 bridgehead atoms. The smallest absolute Gasteiger partial charge is 0.305 e. The molecular weight excluding hydrogens is 462 g/mol. The highest BCUT2D eigenvalue weighted by Gasteiger charge is 2.63. The van der Waals surface area contributed by atoms with Crippen molar-refractivity contribution in [1.29, 1.82) is 0 Å². The van der Waals surface area contributed by atoms with Crippen molar-refractivity contribution >= 4 is 11.9 Å². The minimum atomic E-state index is -0.0567. The van der Waals surface area contributed by atoms with Gasteiger partial charge in [-0.3, -0.25) is 9.59 Å². The van der Waals surface area contributed by atoms with Crippen LogP contribution in [0.25, 0.3) is 0 Å². The molecule has 5 rings (SSSR count). The van der Waals surface area contributed by atoms with Crippen molar-refractivity contribution in [3.8, 4) is 0 Å². The predicted octanol–water partition coefficient (Wildman–Crippen LogP) is 6.72. The SMILES string of the molecule is CCC(=O)O[C@H]1CC[C@@]2(C)C(=CC[C@H]3[C@@H]4C[C@H]5OC(CC[C@@H](C)CNC(C)=O)=C(C)[C@@H]5[C@@]4(C)CC[C@@H]32)C1. The first kappa shape index (κ1) is 26.8. The van der Waals surface area contributed by atoms with Gasteiger partial charge in [-0.1, -0.05) is 39.3 Å². The number of nitrogens with one attached hydrogen (secondary N) is 1. The van der Waals surface area contributed by atoms with Crippen molar-refractivity contribution in [2.75, 3.05) is 6.54 Å². The number of ether oxygens (including phenoxy) is 2. The summed E-state index contributed by atoms with van der Waals surface area (Å²) in [5.41, 5.74) is 3.67. The molecule has 0 aromatic heterocycles. The highest BCUT2D eigenvalue weighted by atomic mass is 16.5. The minimum Gasteiger partial charge on any atom is -0.494 e. The maximum absolute atomic E-state index is 11.9. The summed E-state index contributed by atoms with van der Waals surface area (Å²) in [5.74, 6) is 4.45. The molecule has 0 aromatic carbocycles. The molecule has 0 spiro atoms. The molecule has 3 saturated carbocycles. The summed E-state index contributed by atoms with van der Waals surface area (Å²) in [7, 11) is 0. The maximum atomic E-state index is 11.9. The van der Waals surface area contributed by atoms with Crippen LogP contribution in [0.4, 0.5) is 0 Å². The lowest BCUT2D eigenvalue weighted by atomic mass is 9.47. The number of hydrogen-bond acceptors (Lipinski definition) is 4. The summed E-state index contributed by atoms with van der Waals surface area (Å²) in [6.45, 7) is 13.9. The number of carbonyl (C=O) groups is 2. The molecule has 206 valence electrons. The number of rotatable bonds is 7. The molecule has 4 aliphatic carbocycles. The van der Waals surface area contributed by atoms with Crippen molar-refractivity contribution in [3.05, 3.63) is 23.0 Å². The first-order valence-electron chi connectivity index (χ1n) is 15.1. The first-order valence-corrected chi connectivity index (χ1v) is 15.1. The molecule has 37 heavy (non-hydrogen) atoms. The Bertz CT molecular complexity index is 983. The Morgan fingerprint density at radius 2 is 2.00 bits per heavy atom. The van der Waals surface area contributed by atoms with Crippen LogP contribution < -0.4 is 5.32 Å². The first-order chi connectivity index (χ1) is 17.6. The molecule has 5 heteroatoms. The van der Waals surface area contributed by atoms with Crippen LogP contribution in [0.15, 0.2) is 23.0 Å². The summed E-state index contributed by atoms with van der Waals surface area (Å²) < 4.78 is 12.5. The van der Waals surface area contributed by atoms with Crippen LogP contribution in [0.2, 0.25) is 0 Å². The second-order valence-corrected chi connectivity index (χ2v) is 13.6. The maximum Gasteiger partial charge on any atom is 0.305 e. The van der Waals surface area contributed by atoms with Gasteiger partial charge in [0.25, 0.3) is 0 Å². The van der Waals surface area contributed by atoms with Crippen LogP contribution in [-0.4, -0.2) is 30.6 Å². The molecule has 0 radical (unpaired) electrons. The number of esters is 1. The van der Waals surface area contributed by atoms with Crippen LogP contribution in [-0.2, 0) is 19.1 Å². The van der Waals surface area contributed by atoms with Crippen molar-refractivity contribution in [2.24, 2.45) is 40.4 Å². The number of allylic oxidation sites excluding steroid dienone is 2. The highest BCUT2D eigenvalue weighted by Crippen LogP contribution is 2.69. The van der Waals surface area contributed by atoms with Gasteiger partial charge in [-0.15, -0.1) is 0 Å². The van der Waals surface area contributed by atoms with Gasteiger partial charge in [-0.05, 0) is 91.9 Å². The van der Waals surface area contributed by atoms with E-state index in [1.165, 1.54) is 37.0 Å². The Balaban J connectivity index is 1.28. The number of hydrogen-bond donors (Lipinski definition) is 1. The summed E-state index contributed by atoms with van der Waals surface area (Å²) in [4.78, 5) is 23.2. The van der Waals surface area contributed by atoms with Gasteiger partial charge in [0.1, 0.15) is 12.2 Å². The third-order valence-corrected chi connectivity index (χ3v) is 11.4. The van der Waals surface area contributed by atoms with Gasteiger partial charge >= 0.3 is 5.97 Å². The highest BCUT2D eigenvalue weighted by molar-refractivity contribution is 5.72. The Kier molecular flexibility index (Phi) is 7.30. The number of carbonyl (C=O) groups excluding carboxylic acids is 2. The summed E-state index contributed by atoms with van der Waals surface area (Å²) in [5, 5.41) is 2.96. The molecule has 0 saturated heterocycles. The van der Waals surface area contributed by atoms with Gasteiger partial charge in [0.05, 0.1) is 5.76 Å². The van der Waals surface area contributed by atoms with E-state index in [0.29, 0.717) is 29.8 Å². The van der Waals surface area contributed by atoms with E-state index in [9.17, 15) is 9.59 Å². The summed E-state index contributed by atoms with van der Waals surface area (Å²) in [6, 6.07) is 0. The van der Waals surface area contributed by atoms with Crippen LogP contribution in [0.5, 0.6) is 0 Å². The monoisotopic (exact) mass is 511 g/mol. The molecule has 1 N–H and O–H groups in total. The summed E-state index contributed by atoms with van der Waals surface area (Å²) >= 11 is 0. The lowest BCUT2D eigenvalue weighted by Gasteiger charge is -2.58. The van der Waals surface area contributed by atoms with Gasteiger partial charge in [0.15, 0.2) is 0 Å². The molecule has 0 aromatic rings. The zero-order valence-corrected chi connectivity index (χ0v) is 24.0. The molecule has 5 aliphatic rings. The van der Waals surface area contributed by atoms with E-state index in [0.717, 1.165) is 56.4 Å². The molecule has 1 amide bonds. The quantitative estimate of drug-likeness (QED) is 0.304. The van der Waals surface area contributed by atoms with Crippen LogP contribution in [0, 0.1) is 40.4 Å². The van der Waals surface area contributed by atoms with Crippen molar-refractivity contribution in [1.82, 2.24) is 5.32 Å². The van der Waals surface area contributed by atoms with Crippen molar-refractivity contribution in [2.45, 2.75) is 118 Å². The molecule has 1 heterocycles. The summed E-state index contributed by atoms with van der Waals surface area (Å²) in [6.07, 6.45) is 13.5. The fraction of sp³-hybridized carbons (Fsp3) is 0.812. The Morgan fingerprint density at radius 3 is 2.73 bits per heavy atom. The van der Waals surface area contributed by atoms with Gasteiger partial charge in [-0.2, -0.15) is 0 Å². The fourth-order valence-electron chi connectivity index (χ4n) is 9.38. The third-order valence-electron chi connectivity index (χ3n) is 11.4. The molecule has 5 nitrogen and oxygen atoms in total. The molecule has 3 fully saturated rings. The van der Waals surface area contributed by atoms with Gasteiger partial charge in [0.2, 0.25) is 5.91 Å². The fourth-order valence-corrected chi connectivity index (χ4v) is 9.38. The van der Waals surface area contributed by atoms with E-state index in [4.69, 9.17) is 9.47 Å². The van der Waals surface area contributed by atoms with E-state index < -0.39 is 0 Å². The van der Waals surface area contributed by atoms with E-state index in [-0.39, 0.29) is 23.4 Å². The van der Waals surface area contributed by atoms with Crippen LogP contribution in [0.1, 0.15) is 106 Å². The van der Waals surface area contributed by atoms with E-state index in [1.807, 2.05) is 6.92 Å². The van der Waals surface area contributed by atoms with Crippen molar-refractivity contribution < 1.29 is 19.1 Å². The van der Waals surface area contributed by atoms with Crippen LogP contribution in [0.3, 0.4) is 0 Å². The lowest BCUT2D eigenvalue weighted by molar-refractivity contribution is -0.151. The average molecular weight is 512 g/mol. The van der Waals surface area contributed by atoms with E-state index >= 15 is 0 Å². The Hall–Kier alpha value is -1.78. The lowest BCUT2D eigenvalue weighted by Crippen LogP contribution is -2.50. The second kappa shape index (κ2) is 10.1. The Labute approximate surface area is 224 Å². The zero-order valence-electron chi connectivity index (χ0n) is 24.0. The molecule has 9 atom stereocenters. The van der Waals surface area contributed by atoms with Gasteiger partial charge in [0, 0.05) is 38.6 Å². The van der Waals surface area contributed by atoms with Gasteiger partial charge in [-0.25, -0.2) is 0 Å². The topological polar surface area (TPSA) is 64.6 Å². The standard InChI is InChI=1S/C32H49NO4/c1-7-29(35)36-23-12-14-31(5)22(16-23)9-10-24-25(31)13-15-32(6)26(24)17-28-30(32)20(3)27(37-28)11-8-19(2)18-33-21(4)34/h9,19,23-26,28,30H,7-8,10-18H2,1-6H3,(H,33,34)/t19-,23+,24-,25+,26+,28-,30+,31+,32+/m1/s1. The minimum absolute atomic E-state index is 0.0509. The molecule has 0 unspecified atom stereocenters. The van der Waals surface area contributed by atoms with E-state index in [1.54, 1.807) is 12.5 Å². The van der Waals surface area contributed by atoms with Gasteiger partial charge < -0.3 is 14.8 Å². The average Bonchev–Trinajstić information content (AvgIpc) is 3.34. The third kappa shape index (κ3) is 4.67. The Morgan fingerprint density at radius 1 is 1.22 bits per heavy atom. The second-order valence-electron chi connectivity index (χ2n) is 13.6. The molecule has 1 aliphatic heterocycles. The largest absolute Gasteiger partial charge is 0.494 e. The predicted molar refractivity (Wildman–Crippen MR) is 145 cm³/mol. The number of amides is 1. The normalized spacial score (nSPS) is 41.0.